The quantitative estimate of drug-likeness (QED) is 0.288. The first kappa shape index (κ1) is 27.6. The number of nitrogens with one attached hydrogen (secondary N) is 1. The fourth-order valence-electron chi connectivity index (χ4n) is 3.91. The molecule has 1 aromatic heterocycles. The lowest BCUT2D eigenvalue weighted by molar-refractivity contribution is -0.153. The number of hydrogen-bond donors (Lipinski definition) is 3. The normalized spacial score (nSPS) is 12.6. The lowest BCUT2D eigenvalue weighted by atomic mass is 10.0. The maximum atomic E-state index is 12.5. The van der Waals surface area contributed by atoms with Gasteiger partial charge in [-0.25, -0.2) is 0 Å². The summed E-state index contributed by atoms with van der Waals surface area (Å²) in [5, 5.41) is 13.6. The van der Waals surface area contributed by atoms with Crippen molar-refractivity contribution in [1.82, 2.24) is 9.88 Å². The number of carbonyl (C=O) groups is 1. The van der Waals surface area contributed by atoms with E-state index in [-0.39, 0.29) is 30.8 Å². The number of benzene rings is 2. The summed E-state index contributed by atoms with van der Waals surface area (Å²) in [4.78, 5) is 12.1. The lowest BCUT2D eigenvalue weighted by Gasteiger charge is -2.17. The number of aryl methyl sites for hydroxylation is 1. The monoisotopic (exact) mass is 527 g/mol. The highest BCUT2D eigenvalue weighted by Crippen LogP contribution is 2.31. The number of carbonyl (C=O) groups excluding carboxylic acids is 1. The zero-order valence-corrected chi connectivity index (χ0v) is 20.5. The van der Waals surface area contributed by atoms with Crippen LogP contribution in [0.1, 0.15) is 29.3 Å². The number of aliphatic hydroxyl groups excluding tert-OH is 1. The molecule has 1 atom stereocenters. The van der Waals surface area contributed by atoms with Gasteiger partial charge in [0.15, 0.2) is 18.1 Å². The molecule has 2 aromatic carbocycles. The van der Waals surface area contributed by atoms with Crippen LogP contribution in [0.4, 0.5) is 13.2 Å². The molecule has 1 heterocycles. The Bertz CT molecular complexity index is 1180. The van der Waals surface area contributed by atoms with Crippen molar-refractivity contribution in [3.63, 3.8) is 0 Å². The van der Waals surface area contributed by atoms with Crippen LogP contribution in [0.5, 0.6) is 11.5 Å². The number of aliphatic hydroxyl groups is 1. The van der Waals surface area contributed by atoms with Crippen molar-refractivity contribution in [2.45, 2.75) is 38.5 Å². The fourth-order valence-corrected chi connectivity index (χ4v) is 4.07. The predicted molar refractivity (Wildman–Crippen MR) is 132 cm³/mol. The Morgan fingerprint density at radius 2 is 1.97 bits per heavy atom. The molecule has 7 nitrogen and oxygen atoms in total. The molecule has 3 aromatic rings. The number of aromatic nitrogens is 1. The second-order valence-corrected chi connectivity index (χ2v) is 8.87. The summed E-state index contributed by atoms with van der Waals surface area (Å²) in [6.07, 6.45) is -1.42. The first-order chi connectivity index (χ1) is 17.1. The van der Waals surface area contributed by atoms with Crippen LogP contribution in [0.3, 0.4) is 0 Å². The number of nitrogens with zero attached hydrogens (tertiary/aromatic N) is 1. The van der Waals surface area contributed by atoms with E-state index in [1.54, 1.807) is 6.07 Å². The second-order valence-electron chi connectivity index (χ2n) is 8.43. The Balaban J connectivity index is 1.58. The standard InChI is InChI=1S/C25H29ClF3N3O4/c1-16(31-6-10-35-22-14-19(26)3-4-21(22)36-15-25(27,28)29)11-17-12-18-5-8-32(7-2-9-33)23(18)20(13-17)24(30)34/h3-5,8,12-14,16,31,33H,2,6-7,9-11,15H2,1H3,(H2,30,34)/t16-/m1/s1. The highest BCUT2D eigenvalue weighted by atomic mass is 35.5. The second kappa shape index (κ2) is 12.3. The molecular weight excluding hydrogens is 499 g/mol. The fraction of sp³-hybridized carbons (Fsp3) is 0.400. The molecule has 36 heavy (non-hydrogen) atoms. The molecule has 11 heteroatoms. The smallest absolute Gasteiger partial charge is 0.422 e. The summed E-state index contributed by atoms with van der Waals surface area (Å²) in [6, 6.07) is 9.87. The van der Waals surface area contributed by atoms with Crippen molar-refractivity contribution in [3.05, 3.63) is 58.7 Å². The summed E-state index contributed by atoms with van der Waals surface area (Å²) in [7, 11) is 0. The topological polar surface area (TPSA) is 98.7 Å². The van der Waals surface area contributed by atoms with Gasteiger partial charge < -0.3 is 30.2 Å². The number of rotatable bonds is 13. The molecule has 0 radical (unpaired) electrons. The summed E-state index contributed by atoms with van der Waals surface area (Å²) < 4.78 is 49.8. The Morgan fingerprint density at radius 3 is 2.67 bits per heavy atom. The van der Waals surface area contributed by atoms with Crippen LogP contribution in [0.15, 0.2) is 42.6 Å². The Hall–Kier alpha value is -2.95. The van der Waals surface area contributed by atoms with Crippen molar-refractivity contribution in [3.8, 4) is 11.5 Å². The van der Waals surface area contributed by atoms with Crippen LogP contribution in [0.2, 0.25) is 5.02 Å². The average Bonchev–Trinajstić information content (AvgIpc) is 3.21. The van der Waals surface area contributed by atoms with Crippen molar-refractivity contribution < 1.29 is 32.5 Å². The third kappa shape index (κ3) is 7.78. The Labute approximate surface area is 211 Å². The number of ether oxygens (including phenoxy) is 2. The predicted octanol–water partition coefficient (Wildman–Crippen LogP) is 4.32. The minimum absolute atomic E-state index is 0.00330. The van der Waals surface area contributed by atoms with E-state index in [4.69, 9.17) is 31.9 Å². The van der Waals surface area contributed by atoms with Gasteiger partial charge in [-0.05, 0) is 55.7 Å². The number of primary amides is 1. The molecule has 0 aliphatic carbocycles. The average molecular weight is 528 g/mol. The Kier molecular flexibility index (Phi) is 9.47. The van der Waals surface area contributed by atoms with Crippen LogP contribution in [-0.4, -0.2) is 54.2 Å². The highest BCUT2D eigenvalue weighted by molar-refractivity contribution is 6.30. The molecule has 0 aliphatic rings. The SMILES string of the molecule is C[C@H](Cc1cc(C(N)=O)c2c(ccn2CCCO)c1)NCCOc1cc(Cl)ccc1OCC(F)(F)F. The summed E-state index contributed by atoms with van der Waals surface area (Å²) in [5.41, 5.74) is 7.74. The molecule has 0 saturated heterocycles. The van der Waals surface area contributed by atoms with E-state index >= 15 is 0 Å². The number of fused-ring (bicyclic) bond motifs is 1. The zero-order valence-electron chi connectivity index (χ0n) is 19.8. The van der Waals surface area contributed by atoms with E-state index in [0.29, 0.717) is 36.5 Å². The molecule has 1 amide bonds. The van der Waals surface area contributed by atoms with Crippen LogP contribution < -0.4 is 20.5 Å². The molecule has 0 unspecified atom stereocenters. The van der Waals surface area contributed by atoms with Crippen LogP contribution in [0, 0.1) is 0 Å². The third-order valence-corrected chi connectivity index (χ3v) is 5.67. The van der Waals surface area contributed by atoms with E-state index in [9.17, 15) is 18.0 Å². The van der Waals surface area contributed by atoms with Crippen LogP contribution in [0.25, 0.3) is 10.9 Å². The molecule has 0 saturated carbocycles. The van der Waals surface area contributed by atoms with Crippen LogP contribution in [-0.2, 0) is 13.0 Å². The number of amides is 1. The van der Waals surface area contributed by atoms with Gasteiger partial charge in [0.05, 0.1) is 11.1 Å². The first-order valence-corrected chi connectivity index (χ1v) is 11.8. The number of nitrogens with two attached hydrogens (primary N) is 1. The highest BCUT2D eigenvalue weighted by Gasteiger charge is 2.29. The molecule has 0 bridgehead atoms. The van der Waals surface area contributed by atoms with E-state index in [0.717, 1.165) is 16.5 Å². The van der Waals surface area contributed by atoms with Gasteiger partial charge in [-0.3, -0.25) is 4.79 Å². The minimum Gasteiger partial charge on any atom is -0.488 e. The summed E-state index contributed by atoms with van der Waals surface area (Å²) in [6.45, 7) is 1.75. The Morgan fingerprint density at radius 1 is 1.19 bits per heavy atom. The van der Waals surface area contributed by atoms with Crippen LogP contribution >= 0.6 is 11.6 Å². The molecule has 3 rings (SSSR count). The molecular formula is C25H29ClF3N3O4. The van der Waals surface area contributed by atoms with Gasteiger partial charge in [-0.2, -0.15) is 13.2 Å². The van der Waals surface area contributed by atoms with Crippen molar-refractivity contribution in [1.29, 1.82) is 0 Å². The maximum Gasteiger partial charge on any atom is 0.422 e. The van der Waals surface area contributed by atoms with Crippen molar-refractivity contribution in [2.24, 2.45) is 5.73 Å². The molecule has 4 N–H and O–H groups in total. The van der Waals surface area contributed by atoms with Gasteiger partial charge in [-0.15, -0.1) is 0 Å². The van der Waals surface area contributed by atoms with Gasteiger partial charge in [0.1, 0.15) is 6.61 Å². The largest absolute Gasteiger partial charge is 0.488 e. The van der Waals surface area contributed by atoms with Gasteiger partial charge in [0.2, 0.25) is 0 Å². The maximum absolute atomic E-state index is 12.5. The van der Waals surface area contributed by atoms with Gasteiger partial charge >= 0.3 is 6.18 Å². The number of halogens is 4. The zero-order chi connectivity index (χ0) is 26.3. The molecule has 0 aliphatic heterocycles. The van der Waals surface area contributed by atoms with Gasteiger partial charge in [-0.1, -0.05) is 11.6 Å². The number of hydrogen-bond acceptors (Lipinski definition) is 5. The molecule has 0 fully saturated rings. The molecule has 0 spiro atoms. The lowest BCUT2D eigenvalue weighted by Crippen LogP contribution is -2.32. The van der Waals surface area contributed by atoms with E-state index in [1.807, 2.05) is 29.8 Å². The third-order valence-electron chi connectivity index (χ3n) is 5.43. The van der Waals surface area contributed by atoms with Crippen molar-refractivity contribution in [2.75, 3.05) is 26.4 Å². The van der Waals surface area contributed by atoms with Gasteiger partial charge in [0, 0.05) is 48.4 Å². The summed E-state index contributed by atoms with van der Waals surface area (Å²) >= 11 is 5.94. The summed E-state index contributed by atoms with van der Waals surface area (Å²) in [5.74, 6) is -0.434. The molecule has 196 valence electrons. The van der Waals surface area contributed by atoms with E-state index in [1.165, 1.54) is 18.2 Å². The minimum atomic E-state index is -4.46. The van der Waals surface area contributed by atoms with E-state index in [2.05, 4.69) is 5.32 Å². The van der Waals surface area contributed by atoms with Crippen molar-refractivity contribution >= 4 is 28.4 Å². The van der Waals surface area contributed by atoms with Gasteiger partial charge in [0.25, 0.3) is 5.91 Å². The van der Waals surface area contributed by atoms with E-state index < -0.39 is 18.7 Å². The first-order valence-electron chi connectivity index (χ1n) is 11.4. The number of alkyl halides is 3.